The zero-order chi connectivity index (χ0) is 14.5. The fraction of sp³-hybridized carbons (Fsp3) is 0.647. The van der Waals surface area contributed by atoms with Crippen LogP contribution < -0.4 is 10.1 Å². The minimum atomic E-state index is 0.444. The average molecular weight is 276 g/mol. The highest BCUT2D eigenvalue weighted by Gasteiger charge is 2.21. The van der Waals surface area contributed by atoms with Crippen LogP contribution in [-0.4, -0.2) is 38.7 Å². The van der Waals surface area contributed by atoms with Crippen molar-refractivity contribution in [1.82, 2.24) is 10.2 Å². The molecule has 0 aliphatic carbocycles. The summed E-state index contributed by atoms with van der Waals surface area (Å²) in [6.45, 7) is 7.50. The third kappa shape index (κ3) is 3.97. The second kappa shape index (κ2) is 7.09. The topological polar surface area (TPSA) is 24.5 Å². The Bertz CT molecular complexity index is 429. The predicted molar refractivity (Wildman–Crippen MR) is 84.6 cm³/mol. The summed E-state index contributed by atoms with van der Waals surface area (Å²) < 4.78 is 5.78. The van der Waals surface area contributed by atoms with E-state index in [0.717, 1.165) is 31.9 Å². The molecule has 1 heterocycles. The lowest BCUT2D eigenvalue weighted by molar-refractivity contribution is 0.251. The van der Waals surface area contributed by atoms with Crippen LogP contribution in [-0.2, 0) is 0 Å². The highest BCUT2D eigenvalue weighted by Crippen LogP contribution is 2.34. The van der Waals surface area contributed by atoms with E-state index in [1.54, 1.807) is 0 Å². The molecular formula is C17H28N2O. The molecule has 0 fully saturated rings. The Labute approximate surface area is 123 Å². The molecule has 1 aromatic rings. The van der Waals surface area contributed by atoms with E-state index in [0.29, 0.717) is 12.0 Å². The number of rotatable bonds is 6. The molecule has 1 N–H and O–H groups in total. The van der Waals surface area contributed by atoms with Gasteiger partial charge in [-0.25, -0.2) is 0 Å². The summed E-state index contributed by atoms with van der Waals surface area (Å²) in [5.41, 5.74) is 2.74. The van der Waals surface area contributed by atoms with Crippen molar-refractivity contribution in [3.63, 3.8) is 0 Å². The lowest BCUT2D eigenvalue weighted by atomic mass is 9.94. The van der Waals surface area contributed by atoms with Gasteiger partial charge in [-0.05, 0) is 51.2 Å². The molecule has 0 radical (unpaired) electrons. The lowest BCUT2D eigenvalue weighted by Crippen LogP contribution is -2.29. The summed E-state index contributed by atoms with van der Waals surface area (Å²) in [7, 11) is 4.25. The number of benzene rings is 1. The van der Waals surface area contributed by atoms with E-state index >= 15 is 0 Å². The van der Waals surface area contributed by atoms with Crippen molar-refractivity contribution in [2.24, 2.45) is 0 Å². The molecule has 1 aliphatic rings. The number of fused-ring (bicyclic) bond motifs is 1. The normalized spacial score (nSPS) is 18.2. The first-order valence-electron chi connectivity index (χ1n) is 7.72. The van der Waals surface area contributed by atoms with Gasteiger partial charge in [0, 0.05) is 18.0 Å². The molecule has 3 nitrogen and oxygen atoms in total. The van der Waals surface area contributed by atoms with Gasteiger partial charge in [0.1, 0.15) is 5.75 Å². The van der Waals surface area contributed by atoms with Crippen molar-refractivity contribution in [2.45, 2.75) is 38.6 Å². The van der Waals surface area contributed by atoms with Crippen LogP contribution >= 0.6 is 0 Å². The molecule has 3 heteroatoms. The van der Waals surface area contributed by atoms with Crippen LogP contribution in [0.15, 0.2) is 18.2 Å². The van der Waals surface area contributed by atoms with Gasteiger partial charge in [-0.1, -0.05) is 26.0 Å². The van der Waals surface area contributed by atoms with Crippen molar-refractivity contribution in [1.29, 1.82) is 0 Å². The first-order valence-corrected chi connectivity index (χ1v) is 7.72. The smallest absolute Gasteiger partial charge is 0.124 e. The Balaban J connectivity index is 2.01. The summed E-state index contributed by atoms with van der Waals surface area (Å²) >= 11 is 0. The first-order chi connectivity index (χ1) is 9.58. The Morgan fingerprint density at radius 3 is 2.85 bits per heavy atom. The summed E-state index contributed by atoms with van der Waals surface area (Å²) in [5, 5.41) is 3.69. The van der Waals surface area contributed by atoms with Gasteiger partial charge in [0.05, 0.1) is 6.61 Å². The lowest BCUT2D eigenvalue weighted by Gasteiger charge is -2.28. The van der Waals surface area contributed by atoms with Gasteiger partial charge in [-0.2, -0.15) is 0 Å². The maximum Gasteiger partial charge on any atom is 0.124 e. The molecular weight excluding hydrogens is 248 g/mol. The quantitative estimate of drug-likeness (QED) is 0.808. The van der Waals surface area contributed by atoms with E-state index in [-0.39, 0.29) is 0 Å². The molecule has 20 heavy (non-hydrogen) atoms. The van der Waals surface area contributed by atoms with Gasteiger partial charge < -0.3 is 15.0 Å². The SMILES string of the molecule is CC(C)c1ccc2c(c1)C(NCCCN(C)C)CCO2. The van der Waals surface area contributed by atoms with Gasteiger partial charge in [0.15, 0.2) is 0 Å². The molecule has 0 spiro atoms. The van der Waals surface area contributed by atoms with E-state index < -0.39 is 0 Å². The minimum absolute atomic E-state index is 0.444. The maximum absolute atomic E-state index is 5.78. The Kier molecular flexibility index (Phi) is 5.44. The third-order valence-corrected chi connectivity index (χ3v) is 3.91. The zero-order valence-electron chi connectivity index (χ0n) is 13.3. The van der Waals surface area contributed by atoms with E-state index in [2.05, 4.69) is 56.4 Å². The van der Waals surface area contributed by atoms with Crippen LogP contribution in [0.5, 0.6) is 5.75 Å². The molecule has 112 valence electrons. The van der Waals surface area contributed by atoms with Crippen molar-refractivity contribution >= 4 is 0 Å². The van der Waals surface area contributed by atoms with E-state index in [1.165, 1.54) is 17.5 Å². The van der Waals surface area contributed by atoms with Crippen molar-refractivity contribution in [3.8, 4) is 5.75 Å². The Morgan fingerprint density at radius 1 is 1.35 bits per heavy atom. The summed E-state index contributed by atoms with van der Waals surface area (Å²) in [5.74, 6) is 1.63. The summed E-state index contributed by atoms with van der Waals surface area (Å²) in [4.78, 5) is 2.23. The monoisotopic (exact) mass is 276 g/mol. The summed E-state index contributed by atoms with van der Waals surface area (Å²) in [6, 6.07) is 7.10. The maximum atomic E-state index is 5.78. The second-order valence-electron chi connectivity index (χ2n) is 6.25. The van der Waals surface area contributed by atoms with Crippen LogP contribution in [0.25, 0.3) is 0 Å². The minimum Gasteiger partial charge on any atom is -0.493 e. The standard InChI is InChI=1S/C17H28N2O/c1-13(2)14-6-7-17-15(12-14)16(8-11-20-17)18-9-5-10-19(3)4/h6-7,12-13,16,18H,5,8-11H2,1-4H3. The average Bonchev–Trinajstić information content (AvgIpc) is 2.42. The van der Waals surface area contributed by atoms with Gasteiger partial charge in [0.25, 0.3) is 0 Å². The zero-order valence-corrected chi connectivity index (χ0v) is 13.3. The number of hydrogen-bond acceptors (Lipinski definition) is 3. The molecule has 0 amide bonds. The van der Waals surface area contributed by atoms with Crippen LogP contribution in [0.3, 0.4) is 0 Å². The molecule has 0 saturated heterocycles. The number of ether oxygens (including phenoxy) is 1. The fourth-order valence-corrected chi connectivity index (χ4v) is 2.66. The van der Waals surface area contributed by atoms with Gasteiger partial charge in [0.2, 0.25) is 0 Å². The van der Waals surface area contributed by atoms with Crippen molar-refractivity contribution in [3.05, 3.63) is 29.3 Å². The molecule has 1 aliphatic heterocycles. The second-order valence-corrected chi connectivity index (χ2v) is 6.25. The van der Waals surface area contributed by atoms with E-state index in [4.69, 9.17) is 4.74 Å². The Morgan fingerprint density at radius 2 is 2.15 bits per heavy atom. The van der Waals surface area contributed by atoms with Crippen molar-refractivity contribution < 1.29 is 4.74 Å². The molecule has 1 unspecified atom stereocenters. The number of nitrogens with zero attached hydrogens (tertiary/aromatic N) is 1. The number of hydrogen-bond donors (Lipinski definition) is 1. The van der Waals surface area contributed by atoms with E-state index in [1.807, 2.05) is 0 Å². The molecule has 0 bridgehead atoms. The highest BCUT2D eigenvalue weighted by atomic mass is 16.5. The van der Waals surface area contributed by atoms with Gasteiger partial charge in [-0.15, -0.1) is 0 Å². The fourth-order valence-electron chi connectivity index (χ4n) is 2.66. The molecule has 0 aromatic heterocycles. The number of nitrogens with one attached hydrogen (secondary N) is 1. The van der Waals surface area contributed by atoms with Crippen LogP contribution in [0.1, 0.15) is 49.8 Å². The van der Waals surface area contributed by atoms with Gasteiger partial charge >= 0.3 is 0 Å². The third-order valence-electron chi connectivity index (χ3n) is 3.91. The first kappa shape index (κ1) is 15.3. The van der Waals surface area contributed by atoms with Gasteiger partial charge in [-0.3, -0.25) is 0 Å². The highest BCUT2D eigenvalue weighted by molar-refractivity contribution is 5.41. The molecule has 1 atom stereocenters. The predicted octanol–water partition coefficient (Wildman–Crippen LogP) is 3.17. The largest absolute Gasteiger partial charge is 0.493 e. The van der Waals surface area contributed by atoms with Crippen molar-refractivity contribution in [2.75, 3.05) is 33.8 Å². The molecule has 1 aromatic carbocycles. The van der Waals surface area contributed by atoms with Crippen LogP contribution in [0.2, 0.25) is 0 Å². The van der Waals surface area contributed by atoms with Crippen LogP contribution in [0, 0.1) is 0 Å². The van der Waals surface area contributed by atoms with E-state index in [9.17, 15) is 0 Å². The van der Waals surface area contributed by atoms with Crippen LogP contribution in [0.4, 0.5) is 0 Å². The molecule has 0 saturated carbocycles. The molecule has 2 rings (SSSR count). The Hall–Kier alpha value is -1.06. The summed E-state index contributed by atoms with van der Waals surface area (Å²) in [6.07, 6.45) is 2.25.